The number of carbonyl (C=O) groups excluding carboxylic acids is 2. The first-order valence-corrected chi connectivity index (χ1v) is 10.9. The van der Waals surface area contributed by atoms with Gasteiger partial charge in [-0.3, -0.25) is 14.5 Å². The molecule has 0 fully saturated rings. The van der Waals surface area contributed by atoms with Crippen LogP contribution in [0.4, 0.5) is 18.9 Å². The van der Waals surface area contributed by atoms with Gasteiger partial charge in [0.05, 0.1) is 16.3 Å². The standard InChI is InChI=1S/C21H26ClF3N2O3S/c1-12-16(31-10-19(2,3)4)17(28)27(11-30-12)20(5,6)18(29)26-15-9-13(21(23,24)25)7-8-14(15)22/h7-9H,10-11H2,1-6H3,(H,26,29). The number of allylic oxidation sites excluding steroid dienone is 1. The Labute approximate surface area is 189 Å². The molecule has 2 rings (SSSR count). The van der Waals surface area contributed by atoms with Gasteiger partial charge in [0, 0.05) is 5.75 Å². The van der Waals surface area contributed by atoms with Crippen LogP contribution in [-0.4, -0.2) is 34.7 Å². The summed E-state index contributed by atoms with van der Waals surface area (Å²) in [5.41, 5.74) is -2.58. The third-order valence-electron chi connectivity index (χ3n) is 4.59. The molecule has 1 N–H and O–H groups in total. The van der Waals surface area contributed by atoms with Crippen LogP contribution in [0.25, 0.3) is 0 Å². The smallest absolute Gasteiger partial charge is 0.416 e. The number of hydrogen-bond donors (Lipinski definition) is 1. The van der Waals surface area contributed by atoms with Crippen molar-refractivity contribution in [3.63, 3.8) is 0 Å². The van der Waals surface area contributed by atoms with E-state index in [4.69, 9.17) is 16.3 Å². The fourth-order valence-electron chi connectivity index (χ4n) is 2.62. The first-order chi connectivity index (χ1) is 14.0. The number of hydrogen-bond acceptors (Lipinski definition) is 4. The molecule has 0 aliphatic carbocycles. The van der Waals surface area contributed by atoms with Gasteiger partial charge in [-0.2, -0.15) is 13.2 Å². The van der Waals surface area contributed by atoms with Gasteiger partial charge in [-0.1, -0.05) is 32.4 Å². The molecular formula is C21H26ClF3N2O3S. The van der Waals surface area contributed by atoms with Gasteiger partial charge in [0.1, 0.15) is 16.2 Å². The Morgan fingerprint density at radius 3 is 2.39 bits per heavy atom. The Balaban J connectivity index is 2.25. The van der Waals surface area contributed by atoms with Crippen LogP contribution in [0.15, 0.2) is 28.9 Å². The SMILES string of the molecule is CC1=C(SCC(C)(C)C)C(=O)N(C(C)(C)C(=O)Nc2cc(C(F)(F)F)ccc2Cl)CO1. The second-order valence-corrected chi connectivity index (χ2v) is 10.3. The lowest BCUT2D eigenvalue weighted by Crippen LogP contribution is -2.57. The summed E-state index contributed by atoms with van der Waals surface area (Å²) in [5, 5.41) is 2.37. The fraction of sp³-hybridized carbons (Fsp3) is 0.524. The summed E-state index contributed by atoms with van der Waals surface area (Å²) < 4.78 is 44.7. The van der Waals surface area contributed by atoms with Crippen LogP contribution in [0.3, 0.4) is 0 Å². The zero-order chi connectivity index (χ0) is 23.8. The van der Waals surface area contributed by atoms with Gasteiger partial charge in [0.2, 0.25) is 5.91 Å². The van der Waals surface area contributed by atoms with Crippen LogP contribution in [0.5, 0.6) is 0 Å². The van der Waals surface area contributed by atoms with Crippen molar-refractivity contribution in [2.45, 2.75) is 53.3 Å². The van der Waals surface area contributed by atoms with Crippen LogP contribution in [0, 0.1) is 5.41 Å². The molecule has 0 saturated heterocycles. The molecule has 5 nitrogen and oxygen atoms in total. The van der Waals surface area contributed by atoms with Crippen LogP contribution < -0.4 is 5.32 Å². The van der Waals surface area contributed by atoms with Crippen LogP contribution >= 0.6 is 23.4 Å². The topological polar surface area (TPSA) is 58.6 Å². The third-order valence-corrected chi connectivity index (χ3v) is 6.68. The Kier molecular flexibility index (Phi) is 7.32. The monoisotopic (exact) mass is 478 g/mol. The Bertz CT molecular complexity index is 908. The minimum atomic E-state index is -4.59. The highest BCUT2D eigenvalue weighted by molar-refractivity contribution is 8.04. The van der Waals surface area contributed by atoms with Crippen molar-refractivity contribution in [1.82, 2.24) is 4.90 Å². The maximum Gasteiger partial charge on any atom is 0.416 e. The number of ether oxygens (including phenoxy) is 1. The molecule has 0 aromatic heterocycles. The number of nitrogens with one attached hydrogen (secondary N) is 1. The molecule has 172 valence electrons. The number of anilines is 1. The third kappa shape index (κ3) is 6.10. The van der Waals surface area contributed by atoms with Gasteiger partial charge in [0.15, 0.2) is 6.73 Å². The van der Waals surface area contributed by atoms with Gasteiger partial charge in [-0.15, -0.1) is 11.8 Å². The van der Waals surface area contributed by atoms with Crippen LogP contribution in [0.1, 0.15) is 47.1 Å². The van der Waals surface area contributed by atoms with E-state index in [1.54, 1.807) is 6.92 Å². The van der Waals surface area contributed by atoms with E-state index in [0.29, 0.717) is 16.4 Å². The maximum absolute atomic E-state index is 13.1. The number of alkyl halides is 3. The summed E-state index contributed by atoms with van der Waals surface area (Å²) in [5.74, 6) is 0.0843. The van der Waals surface area contributed by atoms with E-state index in [1.165, 1.54) is 30.5 Å². The summed E-state index contributed by atoms with van der Waals surface area (Å²) >= 11 is 7.33. The lowest BCUT2D eigenvalue weighted by Gasteiger charge is -2.40. The van der Waals surface area contributed by atoms with E-state index in [1.807, 2.05) is 20.8 Å². The second-order valence-electron chi connectivity index (χ2n) is 8.95. The number of halogens is 4. The van der Waals surface area contributed by atoms with Crippen molar-refractivity contribution in [2.75, 3.05) is 17.8 Å². The number of benzene rings is 1. The largest absolute Gasteiger partial charge is 0.476 e. The highest BCUT2D eigenvalue weighted by Crippen LogP contribution is 2.36. The van der Waals surface area contributed by atoms with E-state index in [9.17, 15) is 22.8 Å². The zero-order valence-corrected chi connectivity index (χ0v) is 19.8. The zero-order valence-electron chi connectivity index (χ0n) is 18.2. The molecule has 0 atom stereocenters. The van der Waals surface area contributed by atoms with Crippen molar-refractivity contribution < 1.29 is 27.5 Å². The fourth-order valence-corrected chi connectivity index (χ4v) is 3.86. The summed E-state index contributed by atoms with van der Waals surface area (Å²) in [4.78, 5) is 27.7. The molecule has 0 unspecified atom stereocenters. The molecule has 31 heavy (non-hydrogen) atoms. The van der Waals surface area contributed by atoms with Gasteiger partial charge in [0.25, 0.3) is 5.91 Å². The molecule has 0 bridgehead atoms. The maximum atomic E-state index is 13.1. The minimum absolute atomic E-state index is 0.0341. The molecule has 0 radical (unpaired) electrons. The molecule has 10 heteroatoms. The predicted octanol–water partition coefficient (Wildman–Crippen LogP) is 5.90. The van der Waals surface area contributed by atoms with Gasteiger partial charge in [-0.05, 0) is 44.4 Å². The number of amides is 2. The summed E-state index contributed by atoms with van der Waals surface area (Å²) in [6, 6.07) is 2.66. The number of nitrogens with zero attached hydrogens (tertiary/aromatic N) is 1. The van der Waals surface area contributed by atoms with Gasteiger partial charge in [-0.25, -0.2) is 0 Å². The first kappa shape index (κ1) is 25.4. The molecule has 1 aliphatic heterocycles. The Morgan fingerprint density at radius 2 is 1.84 bits per heavy atom. The molecule has 0 spiro atoms. The second kappa shape index (κ2) is 8.94. The average molecular weight is 479 g/mol. The van der Waals surface area contributed by atoms with Gasteiger partial charge < -0.3 is 10.1 Å². The summed E-state index contributed by atoms with van der Waals surface area (Å²) in [6.45, 7) is 10.7. The summed E-state index contributed by atoms with van der Waals surface area (Å²) in [6.07, 6.45) is -4.59. The van der Waals surface area contributed by atoms with Crippen LogP contribution in [0.2, 0.25) is 5.02 Å². The predicted molar refractivity (Wildman–Crippen MR) is 117 cm³/mol. The lowest BCUT2D eigenvalue weighted by atomic mass is 10.0. The minimum Gasteiger partial charge on any atom is -0.476 e. The first-order valence-electron chi connectivity index (χ1n) is 9.50. The molecule has 2 amide bonds. The average Bonchev–Trinajstić information content (AvgIpc) is 2.61. The van der Waals surface area contributed by atoms with E-state index < -0.39 is 23.2 Å². The van der Waals surface area contributed by atoms with Crippen molar-refractivity contribution >= 4 is 40.9 Å². The lowest BCUT2D eigenvalue weighted by molar-refractivity contribution is -0.148. The number of carbonyl (C=O) groups is 2. The molecule has 1 aliphatic rings. The molecule has 1 heterocycles. The molecular weight excluding hydrogens is 453 g/mol. The van der Waals surface area contributed by atoms with Crippen molar-refractivity contribution in [3.8, 4) is 0 Å². The molecule has 0 saturated carbocycles. The molecule has 1 aromatic carbocycles. The Morgan fingerprint density at radius 1 is 1.23 bits per heavy atom. The van der Waals surface area contributed by atoms with Crippen molar-refractivity contribution in [3.05, 3.63) is 39.4 Å². The quantitative estimate of drug-likeness (QED) is 0.572. The summed E-state index contributed by atoms with van der Waals surface area (Å²) in [7, 11) is 0. The normalized spacial score (nSPS) is 15.8. The van der Waals surface area contributed by atoms with Crippen molar-refractivity contribution in [2.24, 2.45) is 5.41 Å². The van der Waals surface area contributed by atoms with Gasteiger partial charge >= 0.3 is 6.18 Å². The van der Waals surface area contributed by atoms with Crippen LogP contribution in [-0.2, 0) is 20.5 Å². The highest BCUT2D eigenvalue weighted by Gasteiger charge is 2.42. The Hall–Kier alpha value is -1.87. The van der Waals surface area contributed by atoms with Crippen molar-refractivity contribution in [1.29, 1.82) is 0 Å². The number of rotatable bonds is 5. The van der Waals surface area contributed by atoms with E-state index in [-0.39, 0.29) is 28.8 Å². The van der Waals surface area contributed by atoms with E-state index in [0.717, 1.165) is 18.2 Å². The highest BCUT2D eigenvalue weighted by atomic mass is 35.5. The van der Waals surface area contributed by atoms with E-state index >= 15 is 0 Å². The van der Waals surface area contributed by atoms with E-state index in [2.05, 4.69) is 5.32 Å². The molecule has 1 aromatic rings. The number of thioether (sulfide) groups is 1.